The molecule has 0 spiro atoms. The Morgan fingerprint density at radius 3 is 2.29 bits per heavy atom. The van der Waals surface area contributed by atoms with E-state index in [4.69, 9.17) is 21.1 Å². The minimum atomic E-state index is -4.70. The van der Waals surface area contributed by atoms with Gasteiger partial charge in [0.1, 0.15) is 12.0 Å². The van der Waals surface area contributed by atoms with Gasteiger partial charge in [-0.3, -0.25) is 18.9 Å². The Morgan fingerprint density at radius 1 is 1.10 bits per heavy atom. The van der Waals surface area contributed by atoms with Crippen molar-refractivity contribution in [2.45, 2.75) is 26.2 Å². The summed E-state index contributed by atoms with van der Waals surface area (Å²) in [6, 6.07) is 6.97. The van der Waals surface area contributed by atoms with Crippen molar-refractivity contribution in [2.75, 3.05) is 43.5 Å². The topological polar surface area (TPSA) is 71.4 Å². The van der Waals surface area contributed by atoms with Crippen molar-refractivity contribution in [1.29, 1.82) is 0 Å². The van der Waals surface area contributed by atoms with E-state index < -0.39 is 52.3 Å². The van der Waals surface area contributed by atoms with Crippen LogP contribution in [0.3, 0.4) is 0 Å². The third-order valence-corrected chi connectivity index (χ3v) is 7.35. The molecule has 0 bridgehead atoms. The van der Waals surface area contributed by atoms with E-state index >= 15 is 0 Å². The molecule has 2 aromatic carbocycles. The maximum absolute atomic E-state index is 13.4. The average Bonchev–Trinajstić information content (AvgIpc) is 3.22. The molecule has 0 saturated carbocycles. The molecule has 1 aliphatic rings. The first-order valence-corrected chi connectivity index (χ1v) is 13.4. The smallest absolute Gasteiger partial charge is 0.417 e. The third-order valence-electron chi connectivity index (χ3n) is 6.02. The number of ether oxygens (including phenoxy) is 2. The summed E-state index contributed by atoms with van der Waals surface area (Å²) in [5, 5.41) is 5.05. The van der Waals surface area contributed by atoms with Crippen molar-refractivity contribution in [3.05, 3.63) is 64.2 Å². The van der Waals surface area contributed by atoms with Crippen LogP contribution >= 0.6 is 23.5 Å². The number of anilines is 1. The van der Waals surface area contributed by atoms with Gasteiger partial charge in [-0.15, -0.1) is 0 Å². The zero-order chi connectivity index (χ0) is 30.6. The molecule has 0 N–H and O–H groups in total. The van der Waals surface area contributed by atoms with Crippen LogP contribution in [0.1, 0.15) is 30.5 Å². The number of carbonyl (C=O) groups is 2. The van der Waals surface area contributed by atoms with E-state index in [1.54, 1.807) is 6.92 Å². The summed E-state index contributed by atoms with van der Waals surface area (Å²) in [6.07, 6.45) is -9.26. The second-order valence-corrected chi connectivity index (χ2v) is 10.5. The van der Waals surface area contributed by atoms with E-state index in [0.29, 0.717) is 5.75 Å². The molecular formula is C26H26ClF6N3O4S. The lowest BCUT2D eigenvalue weighted by Crippen LogP contribution is -2.42. The molecule has 3 rings (SSSR count). The van der Waals surface area contributed by atoms with Gasteiger partial charge in [0.15, 0.2) is 0 Å². The van der Waals surface area contributed by atoms with Gasteiger partial charge in [0.2, 0.25) is 0 Å². The molecule has 1 amide bonds. The quantitative estimate of drug-likeness (QED) is 0.134. The summed E-state index contributed by atoms with van der Waals surface area (Å²) in [5.41, 5.74) is -3.07. The van der Waals surface area contributed by atoms with Crippen LogP contribution in [0.4, 0.5) is 32.0 Å². The highest BCUT2D eigenvalue weighted by Crippen LogP contribution is 2.38. The van der Waals surface area contributed by atoms with Crippen LogP contribution < -0.4 is 4.31 Å². The largest absolute Gasteiger partial charge is 0.465 e. The van der Waals surface area contributed by atoms with E-state index in [2.05, 4.69) is 5.10 Å². The molecule has 1 unspecified atom stereocenters. The maximum atomic E-state index is 13.4. The van der Waals surface area contributed by atoms with Crippen molar-refractivity contribution in [3.63, 3.8) is 0 Å². The van der Waals surface area contributed by atoms with Gasteiger partial charge in [-0.05, 0) is 62.2 Å². The summed E-state index contributed by atoms with van der Waals surface area (Å²) < 4.78 is 90.3. The molecule has 1 atom stereocenters. The fraction of sp³-hybridized carbons (Fsp3) is 0.423. The Balaban J connectivity index is 1.94. The SMILES string of the molecule is CCOC(=O)C1(C)CN(CC(=O)N(SCCOC)c2ccc(C(F)(F)F)cc2)N=C1c1ccc(C(F)(F)F)c(Cl)c1. The van der Waals surface area contributed by atoms with Gasteiger partial charge >= 0.3 is 18.3 Å². The average molecular weight is 626 g/mol. The lowest BCUT2D eigenvalue weighted by atomic mass is 9.82. The van der Waals surface area contributed by atoms with Gasteiger partial charge in [-0.25, -0.2) is 0 Å². The van der Waals surface area contributed by atoms with Crippen molar-refractivity contribution in [3.8, 4) is 0 Å². The van der Waals surface area contributed by atoms with E-state index in [-0.39, 0.29) is 36.7 Å². The standard InChI is InChI=1S/C26H26ClF6N3O4S/c1-4-40-23(38)24(2)15-35(34-22(24)16-5-10-19(20(27)13-16)26(31,32)33)14-21(37)36(41-12-11-39-3)18-8-6-17(7-9-18)25(28,29)30/h5-10,13H,4,11-12,14-15H2,1-3H3. The zero-order valence-corrected chi connectivity index (χ0v) is 23.7. The van der Waals surface area contributed by atoms with Gasteiger partial charge in [-0.2, -0.15) is 31.4 Å². The Morgan fingerprint density at radius 2 is 1.76 bits per heavy atom. The summed E-state index contributed by atoms with van der Waals surface area (Å²) >= 11 is 6.92. The number of carbonyl (C=O) groups excluding carboxylic acids is 2. The van der Waals surface area contributed by atoms with Crippen molar-refractivity contribution >= 4 is 46.8 Å². The maximum Gasteiger partial charge on any atom is 0.417 e. The summed E-state index contributed by atoms with van der Waals surface area (Å²) in [4.78, 5) is 26.4. The lowest BCUT2D eigenvalue weighted by Gasteiger charge is -2.26. The van der Waals surface area contributed by atoms with E-state index in [1.165, 1.54) is 23.3 Å². The van der Waals surface area contributed by atoms with Crippen LogP contribution in [0.2, 0.25) is 5.02 Å². The van der Waals surface area contributed by atoms with E-state index in [9.17, 15) is 35.9 Å². The molecule has 2 aromatic rings. The lowest BCUT2D eigenvalue weighted by molar-refractivity contribution is -0.150. The van der Waals surface area contributed by atoms with Gasteiger partial charge in [-0.1, -0.05) is 17.7 Å². The fourth-order valence-corrected chi connectivity index (χ4v) is 5.23. The predicted molar refractivity (Wildman–Crippen MR) is 143 cm³/mol. The van der Waals surface area contributed by atoms with Crippen LogP contribution in [0.25, 0.3) is 0 Å². The van der Waals surface area contributed by atoms with Crippen molar-refractivity contribution in [2.24, 2.45) is 10.5 Å². The molecular weight excluding hydrogens is 600 g/mol. The number of esters is 1. The highest BCUT2D eigenvalue weighted by molar-refractivity contribution is 8.01. The Labute approximate surface area is 241 Å². The number of amides is 1. The molecule has 0 radical (unpaired) electrons. The van der Waals surface area contributed by atoms with Crippen LogP contribution in [-0.4, -0.2) is 61.8 Å². The molecule has 0 fully saturated rings. The van der Waals surface area contributed by atoms with Crippen LogP contribution in [0, 0.1) is 5.41 Å². The molecule has 1 aliphatic heterocycles. The van der Waals surface area contributed by atoms with Crippen LogP contribution in [0.5, 0.6) is 0 Å². The Hall–Kier alpha value is -2.97. The number of benzene rings is 2. The van der Waals surface area contributed by atoms with Crippen LogP contribution in [-0.2, 0) is 31.4 Å². The fourth-order valence-electron chi connectivity index (χ4n) is 4.05. The van der Waals surface area contributed by atoms with E-state index in [1.807, 2.05) is 0 Å². The third kappa shape index (κ3) is 7.66. The number of rotatable bonds is 10. The Bertz CT molecular complexity index is 1290. The first-order chi connectivity index (χ1) is 19.1. The van der Waals surface area contributed by atoms with Crippen molar-refractivity contribution < 1.29 is 45.4 Å². The predicted octanol–water partition coefficient (Wildman–Crippen LogP) is 6.29. The molecule has 0 aromatic heterocycles. The molecule has 0 aliphatic carbocycles. The molecule has 224 valence electrons. The normalized spacial score (nSPS) is 17.4. The number of alkyl halides is 6. The minimum Gasteiger partial charge on any atom is -0.465 e. The van der Waals surface area contributed by atoms with Gasteiger partial charge < -0.3 is 9.47 Å². The molecule has 1 heterocycles. The number of hydrazone groups is 1. The van der Waals surface area contributed by atoms with Crippen molar-refractivity contribution in [1.82, 2.24) is 5.01 Å². The number of hydrogen-bond acceptors (Lipinski definition) is 7. The van der Waals surface area contributed by atoms with E-state index in [0.717, 1.165) is 54.4 Å². The second-order valence-electron chi connectivity index (χ2n) is 9.08. The molecule has 41 heavy (non-hydrogen) atoms. The summed E-state index contributed by atoms with van der Waals surface area (Å²) in [7, 11) is 1.45. The summed E-state index contributed by atoms with van der Waals surface area (Å²) in [6.45, 7) is 2.77. The minimum absolute atomic E-state index is 0.0201. The highest BCUT2D eigenvalue weighted by Gasteiger charge is 2.48. The Kier molecular flexibility index (Phi) is 10.2. The number of methoxy groups -OCH3 is 1. The molecule has 15 heteroatoms. The van der Waals surface area contributed by atoms with Crippen LogP contribution in [0.15, 0.2) is 47.6 Å². The zero-order valence-electron chi connectivity index (χ0n) is 22.1. The number of nitrogens with zero attached hydrogens (tertiary/aromatic N) is 3. The second kappa shape index (κ2) is 12.9. The first-order valence-electron chi connectivity index (χ1n) is 12.1. The van der Waals surface area contributed by atoms with Gasteiger partial charge in [0.25, 0.3) is 5.91 Å². The number of hydrogen-bond donors (Lipinski definition) is 0. The summed E-state index contributed by atoms with van der Waals surface area (Å²) in [5.74, 6) is -0.992. The highest BCUT2D eigenvalue weighted by atomic mass is 35.5. The first kappa shape index (κ1) is 32.5. The number of halogens is 7. The molecule has 7 nitrogen and oxygen atoms in total. The van der Waals surface area contributed by atoms with Gasteiger partial charge in [0.05, 0.1) is 47.3 Å². The van der Waals surface area contributed by atoms with Gasteiger partial charge in [0, 0.05) is 18.4 Å². The molecule has 0 saturated heterocycles. The monoisotopic (exact) mass is 625 g/mol.